The molecule has 0 atom stereocenters. The molecule has 3 rings (SSSR count). The van der Waals surface area contributed by atoms with E-state index < -0.39 is 20.2 Å². The lowest BCUT2D eigenvalue weighted by molar-refractivity contribution is -0.0436. The predicted molar refractivity (Wildman–Crippen MR) is 101 cm³/mol. The molecular formula is C19H19F3N2O4S. The van der Waals surface area contributed by atoms with Crippen LogP contribution in [0.4, 0.5) is 18.9 Å². The normalized spacial score (nSPS) is 15.3. The van der Waals surface area contributed by atoms with Gasteiger partial charge in [0.25, 0.3) is 15.7 Å². The number of nitrogens with zero attached hydrogens (tertiary/aromatic N) is 2. The number of para-hydroxylation sites is 2. The van der Waals surface area contributed by atoms with Crippen LogP contribution in [0.5, 0.6) is 5.75 Å². The zero-order valence-electron chi connectivity index (χ0n) is 15.5. The Bertz CT molecular complexity index is 983. The zero-order chi connectivity index (χ0) is 21.2. The second-order valence-electron chi connectivity index (χ2n) is 6.42. The fourth-order valence-corrected chi connectivity index (χ4v) is 3.90. The number of sulfone groups is 1. The summed E-state index contributed by atoms with van der Waals surface area (Å²) in [6.45, 7) is 1.96. The standard InChI is InChI=1S/C19H19F3N2O4S/c1-28-17-5-3-2-4-16(17)23-10-12-24(13-11-23)18(25)14-6-8-15(9-7-14)29(26,27)19(20,21)22/h2-9H,10-13H2,1H3. The molecule has 1 fully saturated rings. The third kappa shape index (κ3) is 4.16. The molecule has 2 aromatic carbocycles. The highest BCUT2D eigenvalue weighted by Crippen LogP contribution is 2.31. The monoisotopic (exact) mass is 428 g/mol. The van der Waals surface area contributed by atoms with Gasteiger partial charge in [0.05, 0.1) is 17.7 Å². The first kappa shape index (κ1) is 21.0. The van der Waals surface area contributed by atoms with Crippen molar-refractivity contribution in [3.63, 3.8) is 0 Å². The molecule has 1 saturated heterocycles. The van der Waals surface area contributed by atoms with Crippen LogP contribution in [-0.2, 0) is 9.84 Å². The Labute approximate surface area is 166 Å². The number of alkyl halides is 3. The van der Waals surface area contributed by atoms with E-state index in [0.29, 0.717) is 26.2 Å². The molecule has 6 nitrogen and oxygen atoms in total. The van der Waals surface area contributed by atoms with E-state index in [1.807, 2.05) is 24.3 Å². The highest BCUT2D eigenvalue weighted by atomic mass is 32.2. The van der Waals surface area contributed by atoms with Crippen molar-refractivity contribution in [1.29, 1.82) is 0 Å². The van der Waals surface area contributed by atoms with Gasteiger partial charge in [-0.15, -0.1) is 0 Å². The van der Waals surface area contributed by atoms with Gasteiger partial charge in [0.1, 0.15) is 5.75 Å². The molecule has 0 aliphatic carbocycles. The molecule has 2 aromatic rings. The Morgan fingerprint density at radius 3 is 2.10 bits per heavy atom. The van der Waals surface area contributed by atoms with Crippen LogP contribution in [0.15, 0.2) is 53.4 Å². The highest BCUT2D eigenvalue weighted by Gasteiger charge is 2.46. The fourth-order valence-electron chi connectivity index (χ4n) is 3.13. The number of rotatable bonds is 4. The number of ether oxygens (including phenoxy) is 1. The van der Waals surface area contributed by atoms with Crippen LogP contribution in [-0.4, -0.2) is 58.0 Å². The molecule has 0 radical (unpaired) electrons. The minimum atomic E-state index is -5.43. The van der Waals surface area contributed by atoms with E-state index >= 15 is 0 Å². The van der Waals surface area contributed by atoms with Gasteiger partial charge < -0.3 is 14.5 Å². The topological polar surface area (TPSA) is 66.9 Å². The number of carbonyl (C=O) groups is 1. The lowest BCUT2D eigenvalue weighted by Gasteiger charge is -2.36. The van der Waals surface area contributed by atoms with Crippen molar-refractivity contribution in [3.05, 3.63) is 54.1 Å². The summed E-state index contributed by atoms with van der Waals surface area (Å²) in [6, 6.07) is 11.4. The van der Waals surface area contributed by atoms with Crippen molar-refractivity contribution in [2.45, 2.75) is 10.4 Å². The molecule has 0 aromatic heterocycles. The first-order chi connectivity index (χ1) is 13.6. The Balaban J connectivity index is 1.68. The first-order valence-electron chi connectivity index (χ1n) is 8.74. The summed E-state index contributed by atoms with van der Waals surface area (Å²) in [4.78, 5) is 15.4. The average Bonchev–Trinajstić information content (AvgIpc) is 2.72. The Morgan fingerprint density at radius 2 is 1.55 bits per heavy atom. The predicted octanol–water partition coefficient (Wildman–Crippen LogP) is 2.95. The van der Waals surface area contributed by atoms with Crippen LogP contribution < -0.4 is 9.64 Å². The van der Waals surface area contributed by atoms with Crippen molar-refractivity contribution in [1.82, 2.24) is 4.90 Å². The van der Waals surface area contributed by atoms with E-state index in [4.69, 9.17) is 4.74 Å². The van der Waals surface area contributed by atoms with Gasteiger partial charge in [0.15, 0.2) is 0 Å². The van der Waals surface area contributed by atoms with Crippen LogP contribution in [0, 0.1) is 0 Å². The van der Waals surface area contributed by atoms with Crippen molar-refractivity contribution in [2.24, 2.45) is 0 Å². The number of benzene rings is 2. The maximum atomic E-state index is 12.6. The molecule has 10 heteroatoms. The minimum Gasteiger partial charge on any atom is -0.495 e. The number of amides is 1. The van der Waals surface area contributed by atoms with Crippen molar-refractivity contribution in [2.75, 3.05) is 38.2 Å². The number of anilines is 1. The molecule has 1 heterocycles. The minimum absolute atomic E-state index is 0.136. The van der Waals surface area contributed by atoms with Crippen LogP contribution in [0.2, 0.25) is 0 Å². The van der Waals surface area contributed by atoms with E-state index in [2.05, 4.69) is 4.90 Å². The molecule has 0 saturated carbocycles. The summed E-state index contributed by atoms with van der Waals surface area (Å²) in [7, 11) is -3.85. The summed E-state index contributed by atoms with van der Waals surface area (Å²) < 4.78 is 66.1. The van der Waals surface area contributed by atoms with E-state index in [1.165, 1.54) is 0 Å². The Hall–Kier alpha value is -2.75. The van der Waals surface area contributed by atoms with Crippen molar-refractivity contribution >= 4 is 21.4 Å². The van der Waals surface area contributed by atoms with E-state index in [0.717, 1.165) is 35.7 Å². The summed E-state index contributed by atoms with van der Waals surface area (Å²) in [5, 5.41) is 0. The summed E-state index contributed by atoms with van der Waals surface area (Å²) in [5.74, 6) is 0.370. The fraction of sp³-hybridized carbons (Fsp3) is 0.316. The number of piperazine rings is 1. The lowest BCUT2D eigenvalue weighted by Crippen LogP contribution is -2.48. The molecule has 0 bridgehead atoms. The second kappa shape index (κ2) is 7.94. The van der Waals surface area contributed by atoms with Gasteiger partial charge in [0, 0.05) is 31.7 Å². The van der Waals surface area contributed by atoms with Crippen LogP contribution in [0.1, 0.15) is 10.4 Å². The quantitative estimate of drug-likeness (QED) is 0.749. The van der Waals surface area contributed by atoms with Crippen LogP contribution in [0.25, 0.3) is 0 Å². The summed E-state index contributed by atoms with van der Waals surface area (Å²) >= 11 is 0. The van der Waals surface area contributed by atoms with Gasteiger partial charge in [0.2, 0.25) is 0 Å². The maximum Gasteiger partial charge on any atom is 0.501 e. The van der Waals surface area contributed by atoms with Gasteiger partial charge in [-0.05, 0) is 36.4 Å². The number of hydrogen-bond donors (Lipinski definition) is 0. The summed E-state index contributed by atoms with van der Waals surface area (Å²) in [5.41, 5.74) is -4.33. The van der Waals surface area contributed by atoms with Crippen molar-refractivity contribution < 1.29 is 31.1 Å². The molecule has 0 unspecified atom stereocenters. The van der Waals surface area contributed by atoms with Crippen molar-refractivity contribution in [3.8, 4) is 5.75 Å². The third-order valence-corrected chi connectivity index (χ3v) is 6.21. The maximum absolute atomic E-state index is 12.6. The second-order valence-corrected chi connectivity index (χ2v) is 8.37. The zero-order valence-corrected chi connectivity index (χ0v) is 16.3. The van der Waals surface area contributed by atoms with Gasteiger partial charge in [-0.3, -0.25) is 4.79 Å². The number of methoxy groups -OCH3 is 1. The molecular weight excluding hydrogens is 409 g/mol. The van der Waals surface area contributed by atoms with E-state index in [1.54, 1.807) is 12.0 Å². The molecule has 156 valence electrons. The van der Waals surface area contributed by atoms with Gasteiger partial charge in [-0.25, -0.2) is 8.42 Å². The number of hydrogen-bond acceptors (Lipinski definition) is 5. The average molecular weight is 428 g/mol. The van der Waals surface area contributed by atoms with Gasteiger partial charge >= 0.3 is 5.51 Å². The van der Waals surface area contributed by atoms with E-state index in [-0.39, 0.29) is 11.5 Å². The van der Waals surface area contributed by atoms with Gasteiger partial charge in [-0.2, -0.15) is 13.2 Å². The SMILES string of the molecule is COc1ccccc1N1CCN(C(=O)c2ccc(S(=O)(=O)C(F)(F)F)cc2)CC1. The van der Waals surface area contributed by atoms with E-state index in [9.17, 15) is 26.4 Å². The molecule has 0 spiro atoms. The molecule has 1 aliphatic rings. The Kier molecular flexibility index (Phi) is 5.74. The Morgan fingerprint density at radius 1 is 0.966 bits per heavy atom. The van der Waals surface area contributed by atoms with Crippen LogP contribution in [0.3, 0.4) is 0 Å². The third-order valence-electron chi connectivity index (χ3n) is 4.71. The first-order valence-corrected chi connectivity index (χ1v) is 10.2. The smallest absolute Gasteiger partial charge is 0.495 e. The summed E-state index contributed by atoms with van der Waals surface area (Å²) in [6.07, 6.45) is 0. The van der Waals surface area contributed by atoms with Crippen LogP contribution >= 0.6 is 0 Å². The molecule has 1 aliphatic heterocycles. The lowest BCUT2D eigenvalue weighted by atomic mass is 10.1. The number of carbonyl (C=O) groups excluding carboxylic acids is 1. The molecule has 29 heavy (non-hydrogen) atoms. The number of halogens is 3. The largest absolute Gasteiger partial charge is 0.501 e. The highest BCUT2D eigenvalue weighted by molar-refractivity contribution is 7.92. The molecule has 0 N–H and O–H groups in total. The van der Waals surface area contributed by atoms with Gasteiger partial charge in [-0.1, -0.05) is 12.1 Å². The molecule has 1 amide bonds.